The Balaban J connectivity index is 1.96. The molecule has 1 aliphatic heterocycles. The van der Waals surface area contributed by atoms with E-state index in [-0.39, 0.29) is 19.1 Å². The van der Waals surface area contributed by atoms with Gasteiger partial charge in [-0.3, -0.25) is 4.79 Å². The van der Waals surface area contributed by atoms with E-state index in [1.165, 1.54) is 0 Å². The van der Waals surface area contributed by atoms with Crippen LogP contribution >= 0.6 is 0 Å². The van der Waals surface area contributed by atoms with Crippen LogP contribution in [0.15, 0.2) is 24.3 Å². The van der Waals surface area contributed by atoms with Crippen molar-refractivity contribution in [2.75, 3.05) is 26.3 Å². The van der Waals surface area contributed by atoms with E-state index >= 15 is 0 Å². The van der Waals surface area contributed by atoms with Crippen LogP contribution in [0.5, 0.6) is 0 Å². The third-order valence-corrected chi connectivity index (χ3v) is 3.76. The molecule has 0 bridgehead atoms. The molecule has 4 heteroatoms. The van der Waals surface area contributed by atoms with Gasteiger partial charge in [-0.25, -0.2) is 0 Å². The zero-order chi connectivity index (χ0) is 15.1. The molecule has 1 heterocycles. The van der Waals surface area contributed by atoms with Crippen molar-refractivity contribution in [3.63, 3.8) is 0 Å². The zero-order valence-electron chi connectivity index (χ0n) is 12.1. The maximum absolute atomic E-state index is 12.4. The number of hydrogen-bond donors (Lipinski definition) is 2. The van der Waals surface area contributed by atoms with Crippen molar-refractivity contribution in [2.45, 2.75) is 19.3 Å². The fourth-order valence-electron chi connectivity index (χ4n) is 2.42. The lowest BCUT2D eigenvalue weighted by Gasteiger charge is -2.31. The fraction of sp³-hybridized carbons (Fsp3) is 0.471. The molecular formula is C17H21NO3. The van der Waals surface area contributed by atoms with Gasteiger partial charge in [0, 0.05) is 37.2 Å². The van der Waals surface area contributed by atoms with Gasteiger partial charge in [0.2, 0.25) is 0 Å². The maximum Gasteiger partial charge on any atom is 0.253 e. The standard InChI is InChI=1S/C17H21NO3/c19-12-2-1-3-14-4-6-16(7-5-14)17(21)18-10-8-15(13-20)9-11-18/h4-7,15,19-20H,2,8-13H2. The van der Waals surface area contributed by atoms with Gasteiger partial charge in [-0.2, -0.15) is 0 Å². The van der Waals surface area contributed by atoms with Gasteiger partial charge >= 0.3 is 0 Å². The maximum atomic E-state index is 12.4. The molecule has 0 aromatic heterocycles. The first-order valence-electron chi connectivity index (χ1n) is 7.34. The van der Waals surface area contributed by atoms with Crippen LogP contribution in [0.2, 0.25) is 0 Å². The third-order valence-electron chi connectivity index (χ3n) is 3.76. The summed E-state index contributed by atoms with van der Waals surface area (Å²) >= 11 is 0. The smallest absolute Gasteiger partial charge is 0.253 e. The second-order valence-electron chi connectivity index (χ2n) is 5.27. The molecule has 0 saturated carbocycles. The van der Waals surface area contributed by atoms with E-state index in [2.05, 4.69) is 11.8 Å². The molecule has 1 saturated heterocycles. The number of aliphatic hydroxyl groups is 2. The number of aliphatic hydroxyl groups excluding tert-OH is 2. The number of nitrogens with zero attached hydrogens (tertiary/aromatic N) is 1. The topological polar surface area (TPSA) is 60.8 Å². The lowest BCUT2D eigenvalue weighted by molar-refractivity contribution is 0.0651. The normalized spacial score (nSPS) is 15.4. The minimum absolute atomic E-state index is 0.0428. The summed E-state index contributed by atoms with van der Waals surface area (Å²) in [5.41, 5.74) is 1.52. The van der Waals surface area contributed by atoms with E-state index in [4.69, 9.17) is 10.2 Å². The summed E-state index contributed by atoms with van der Waals surface area (Å²) in [5, 5.41) is 17.8. The Morgan fingerprint density at radius 3 is 2.43 bits per heavy atom. The highest BCUT2D eigenvalue weighted by molar-refractivity contribution is 5.94. The Labute approximate surface area is 125 Å². The predicted octanol–water partition coefficient (Wildman–Crippen LogP) is 1.26. The summed E-state index contributed by atoms with van der Waals surface area (Å²) in [7, 11) is 0. The highest BCUT2D eigenvalue weighted by Crippen LogP contribution is 2.18. The van der Waals surface area contributed by atoms with Gasteiger partial charge in [0.1, 0.15) is 0 Å². The van der Waals surface area contributed by atoms with Crippen LogP contribution in [0, 0.1) is 17.8 Å². The molecule has 0 unspecified atom stereocenters. The van der Waals surface area contributed by atoms with Crippen molar-refractivity contribution in [2.24, 2.45) is 5.92 Å². The number of hydrogen-bond acceptors (Lipinski definition) is 3. The van der Waals surface area contributed by atoms with Gasteiger partial charge < -0.3 is 15.1 Å². The zero-order valence-corrected chi connectivity index (χ0v) is 12.1. The van der Waals surface area contributed by atoms with E-state index in [9.17, 15) is 4.79 Å². The summed E-state index contributed by atoms with van der Waals surface area (Å²) < 4.78 is 0. The monoisotopic (exact) mass is 287 g/mol. The quantitative estimate of drug-likeness (QED) is 0.823. The average molecular weight is 287 g/mol. The summed E-state index contributed by atoms with van der Waals surface area (Å²) in [6.07, 6.45) is 2.19. The lowest BCUT2D eigenvalue weighted by atomic mass is 9.97. The lowest BCUT2D eigenvalue weighted by Crippen LogP contribution is -2.39. The number of carbonyl (C=O) groups excluding carboxylic acids is 1. The van der Waals surface area contributed by atoms with Crippen molar-refractivity contribution in [3.05, 3.63) is 35.4 Å². The van der Waals surface area contributed by atoms with E-state index < -0.39 is 0 Å². The molecule has 1 aromatic rings. The first-order chi connectivity index (χ1) is 10.2. The molecular weight excluding hydrogens is 266 g/mol. The first kappa shape index (κ1) is 15.6. The second-order valence-corrected chi connectivity index (χ2v) is 5.27. The number of benzene rings is 1. The Kier molecular flexibility index (Phi) is 5.79. The molecule has 2 N–H and O–H groups in total. The molecule has 0 radical (unpaired) electrons. The van der Waals surface area contributed by atoms with E-state index in [0.29, 0.717) is 31.0 Å². The van der Waals surface area contributed by atoms with Crippen LogP contribution in [0.4, 0.5) is 0 Å². The molecule has 2 rings (SSSR count). The van der Waals surface area contributed by atoms with Crippen LogP contribution in [0.1, 0.15) is 35.2 Å². The Hall–Kier alpha value is -1.83. The highest BCUT2D eigenvalue weighted by Gasteiger charge is 2.22. The van der Waals surface area contributed by atoms with Gasteiger partial charge in [-0.05, 0) is 43.0 Å². The molecule has 1 amide bonds. The van der Waals surface area contributed by atoms with Crippen LogP contribution in [-0.2, 0) is 0 Å². The van der Waals surface area contributed by atoms with E-state index in [1.807, 2.05) is 17.0 Å². The molecule has 1 aliphatic rings. The van der Waals surface area contributed by atoms with Crippen LogP contribution in [0.3, 0.4) is 0 Å². The molecule has 1 aromatic carbocycles. The number of piperidine rings is 1. The Bertz CT molecular complexity index is 519. The third kappa shape index (κ3) is 4.32. The molecule has 0 atom stereocenters. The minimum Gasteiger partial charge on any atom is -0.396 e. The van der Waals surface area contributed by atoms with Gasteiger partial charge in [0.15, 0.2) is 0 Å². The van der Waals surface area contributed by atoms with Crippen molar-refractivity contribution < 1.29 is 15.0 Å². The highest BCUT2D eigenvalue weighted by atomic mass is 16.3. The first-order valence-corrected chi connectivity index (χ1v) is 7.34. The Morgan fingerprint density at radius 2 is 1.86 bits per heavy atom. The number of carbonyl (C=O) groups is 1. The summed E-state index contributed by atoms with van der Waals surface area (Å²) in [4.78, 5) is 14.2. The van der Waals surface area contributed by atoms with Crippen LogP contribution in [0.25, 0.3) is 0 Å². The molecule has 21 heavy (non-hydrogen) atoms. The summed E-state index contributed by atoms with van der Waals surface area (Å²) in [6.45, 7) is 1.70. The molecule has 0 aliphatic carbocycles. The number of likely N-dealkylation sites (tertiary alicyclic amines) is 1. The van der Waals surface area contributed by atoms with Crippen molar-refractivity contribution >= 4 is 5.91 Å². The van der Waals surface area contributed by atoms with Gasteiger partial charge in [-0.15, -0.1) is 0 Å². The molecule has 112 valence electrons. The molecule has 0 spiro atoms. The average Bonchev–Trinajstić information content (AvgIpc) is 2.55. The van der Waals surface area contributed by atoms with E-state index in [1.54, 1.807) is 12.1 Å². The summed E-state index contributed by atoms with van der Waals surface area (Å²) in [5.74, 6) is 6.17. The van der Waals surface area contributed by atoms with Crippen LogP contribution in [-0.4, -0.2) is 47.3 Å². The molecule has 1 fully saturated rings. The number of amides is 1. The van der Waals surface area contributed by atoms with Crippen LogP contribution < -0.4 is 0 Å². The number of rotatable bonds is 3. The Morgan fingerprint density at radius 1 is 1.19 bits per heavy atom. The van der Waals surface area contributed by atoms with Gasteiger partial charge in [0.25, 0.3) is 5.91 Å². The van der Waals surface area contributed by atoms with Crippen molar-refractivity contribution in [1.29, 1.82) is 0 Å². The van der Waals surface area contributed by atoms with E-state index in [0.717, 1.165) is 18.4 Å². The van der Waals surface area contributed by atoms with Crippen molar-refractivity contribution in [3.8, 4) is 11.8 Å². The fourth-order valence-corrected chi connectivity index (χ4v) is 2.42. The van der Waals surface area contributed by atoms with Crippen molar-refractivity contribution in [1.82, 2.24) is 4.90 Å². The predicted molar refractivity (Wildman–Crippen MR) is 80.7 cm³/mol. The van der Waals surface area contributed by atoms with Gasteiger partial charge in [0.05, 0.1) is 6.61 Å². The second kappa shape index (κ2) is 7.82. The largest absolute Gasteiger partial charge is 0.396 e. The SMILES string of the molecule is O=C(c1ccc(C#CCCO)cc1)N1CCC(CO)CC1. The van der Waals surface area contributed by atoms with Gasteiger partial charge in [-0.1, -0.05) is 11.8 Å². The molecule has 4 nitrogen and oxygen atoms in total. The summed E-state index contributed by atoms with van der Waals surface area (Å²) in [6, 6.07) is 7.25. The minimum atomic E-state index is 0.0428.